The van der Waals surface area contributed by atoms with Crippen LogP contribution in [0.25, 0.3) is 0 Å². The van der Waals surface area contributed by atoms with Crippen molar-refractivity contribution in [2.24, 2.45) is 28.3 Å². The van der Waals surface area contributed by atoms with Crippen LogP contribution in [0.1, 0.15) is 26.7 Å². The molecule has 5 nitrogen and oxygen atoms in total. The Morgan fingerprint density at radius 2 is 2.00 bits per heavy atom. The molecular formula is C10H22N4O. The first kappa shape index (κ1) is 13.7. The van der Waals surface area contributed by atoms with Crippen molar-refractivity contribution in [2.45, 2.75) is 26.7 Å². The van der Waals surface area contributed by atoms with Gasteiger partial charge in [0, 0.05) is 19.5 Å². The first-order chi connectivity index (χ1) is 6.99. The molecule has 0 aromatic heterocycles. The number of nitrogens with one attached hydrogen (secondary N) is 1. The van der Waals surface area contributed by atoms with Crippen molar-refractivity contribution in [1.29, 1.82) is 0 Å². The lowest BCUT2D eigenvalue weighted by molar-refractivity contribution is -0.126. The van der Waals surface area contributed by atoms with E-state index >= 15 is 0 Å². The number of hydrogen-bond acceptors (Lipinski definition) is 2. The molecule has 0 bridgehead atoms. The van der Waals surface area contributed by atoms with E-state index in [1.54, 1.807) is 7.05 Å². The minimum atomic E-state index is 0.0456. The maximum atomic E-state index is 11.5. The summed E-state index contributed by atoms with van der Waals surface area (Å²) in [5.41, 5.74) is 10.4. The molecule has 1 atom stereocenters. The average Bonchev–Trinajstić information content (AvgIpc) is 2.15. The summed E-state index contributed by atoms with van der Waals surface area (Å²) in [7, 11) is 1.66. The van der Waals surface area contributed by atoms with Gasteiger partial charge in [0.05, 0.1) is 0 Å². The number of rotatable bonds is 6. The second kappa shape index (κ2) is 7.09. The number of nitrogens with two attached hydrogens (primary N) is 2. The zero-order valence-corrected chi connectivity index (χ0v) is 9.79. The van der Waals surface area contributed by atoms with Crippen molar-refractivity contribution in [2.75, 3.05) is 13.6 Å². The van der Waals surface area contributed by atoms with Gasteiger partial charge in [-0.1, -0.05) is 13.8 Å². The predicted octanol–water partition coefficient (Wildman–Crippen LogP) is 0.0582. The van der Waals surface area contributed by atoms with Crippen molar-refractivity contribution in [1.82, 2.24) is 5.32 Å². The molecule has 0 unspecified atom stereocenters. The first-order valence-corrected chi connectivity index (χ1v) is 5.26. The van der Waals surface area contributed by atoms with Crippen LogP contribution in [0.3, 0.4) is 0 Å². The summed E-state index contributed by atoms with van der Waals surface area (Å²) in [5.74, 6) is 0.582. The maximum absolute atomic E-state index is 11.5. The largest absolute Gasteiger partial charge is 0.370 e. The van der Waals surface area contributed by atoms with Gasteiger partial charge in [-0.15, -0.1) is 0 Å². The van der Waals surface area contributed by atoms with Crippen molar-refractivity contribution < 1.29 is 4.79 Å². The van der Waals surface area contributed by atoms with Crippen LogP contribution in [-0.2, 0) is 4.79 Å². The third kappa shape index (κ3) is 5.93. The van der Waals surface area contributed by atoms with Gasteiger partial charge in [0.25, 0.3) is 0 Å². The highest BCUT2D eigenvalue weighted by atomic mass is 16.1. The van der Waals surface area contributed by atoms with Gasteiger partial charge in [-0.05, 0) is 18.8 Å². The fourth-order valence-corrected chi connectivity index (χ4v) is 1.47. The molecular weight excluding hydrogens is 192 g/mol. The molecule has 5 N–H and O–H groups in total. The smallest absolute Gasteiger partial charge is 0.223 e. The molecule has 88 valence electrons. The Balaban J connectivity index is 3.98. The van der Waals surface area contributed by atoms with Crippen molar-refractivity contribution in [3.8, 4) is 0 Å². The number of amides is 1. The average molecular weight is 214 g/mol. The normalized spacial score (nSPS) is 12.3. The molecule has 15 heavy (non-hydrogen) atoms. The molecule has 0 saturated carbocycles. The molecule has 5 heteroatoms. The molecule has 0 aliphatic rings. The minimum absolute atomic E-state index is 0.0456. The number of guanidine groups is 1. The van der Waals surface area contributed by atoms with E-state index in [0.717, 1.165) is 12.8 Å². The van der Waals surface area contributed by atoms with Crippen LogP contribution < -0.4 is 16.8 Å². The SMILES string of the molecule is CNC(=O)[C@H](CCCN=C(N)N)C(C)C. The van der Waals surface area contributed by atoms with Gasteiger partial charge in [-0.2, -0.15) is 0 Å². The molecule has 0 radical (unpaired) electrons. The van der Waals surface area contributed by atoms with Crippen LogP contribution in [-0.4, -0.2) is 25.5 Å². The van der Waals surface area contributed by atoms with Crippen LogP contribution in [0.5, 0.6) is 0 Å². The van der Waals surface area contributed by atoms with Gasteiger partial charge < -0.3 is 16.8 Å². The summed E-state index contributed by atoms with van der Waals surface area (Å²) in [5, 5.41) is 2.67. The Morgan fingerprint density at radius 3 is 2.40 bits per heavy atom. The van der Waals surface area contributed by atoms with E-state index in [2.05, 4.69) is 10.3 Å². The number of hydrogen-bond donors (Lipinski definition) is 3. The summed E-state index contributed by atoms with van der Waals surface area (Å²) in [6.07, 6.45) is 1.64. The molecule has 0 aromatic rings. The Hall–Kier alpha value is -1.26. The van der Waals surface area contributed by atoms with Crippen molar-refractivity contribution >= 4 is 11.9 Å². The topological polar surface area (TPSA) is 93.5 Å². The second-order valence-electron chi connectivity index (χ2n) is 3.91. The van der Waals surface area contributed by atoms with E-state index in [1.807, 2.05) is 13.8 Å². The lowest BCUT2D eigenvalue weighted by Crippen LogP contribution is -2.31. The van der Waals surface area contributed by atoms with Crippen LogP contribution in [0.15, 0.2) is 4.99 Å². The Morgan fingerprint density at radius 1 is 1.40 bits per heavy atom. The van der Waals surface area contributed by atoms with Gasteiger partial charge in [0.1, 0.15) is 0 Å². The maximum Gasteiger partial charge on any atom is 0.223 e. The molecule has 0 rings (SSSR count). The van der Waals surface area contributed by atoms with E-state index in [1.165, 1.54) is 0 Å². The molecule has 0 spiro atoms. The fraction of sp³-hybridized carbons (Fsp3) is 0.800. The third-order valence-electron chi connectivity index (χ3n) is 2.36. The zero-order valence-electron chi connectivity index (χ0n) is 9.79. The standard InChI is InChI=1S/C10H22N4O/c1-7(2)8(9(15)13-3)5-4-6-14-10(11)12/h7-8H,4-6H2,1-3H3,(H,13,15)(H4,11,12,14)/t8-/m1/s1. The lowest BCUT2D eigenvalue weighted by Gasteiger charge is -2.18. The Kier molecular flexibility index (Phi) is 6.49. The summed E-state index contributed by atoms with van der Waals surface area (Å²) < 4.78 is 0. The van der Waals surface area contributed by atoms with Gasteiger partial charge >= 0.3 is 0 Å². The number of aliphatic imine (C=N–C) groups is 1. The van der Waals surface area contributed by atoms with E-state index in [-0.39, 0.29) is 17.8 Å². The van der Waals surface area contributed by atoms with Gasteiger partial charge in [-0.3, -0.25) is 9.79 Å². The summed E-state index contributed by atoms with van der Waals surface area (Å²) >= 11 is 0. The van der Waals surface area contributed by atoms with Crippen LogP contribution in [0.4, 0.5) is 0 Å². The highest BCUT2D eigenvalue weighted by Gasteiger charge is 2.19. The number of carbonyl (C=O) groups is 1. The second-order valence-corrected chi connectivity index (χ2v) is 3.91. The number of nitrogens with zero attached hydrogens (tertiary/aromatic N) is 1. The Labute approximate surface area is 91.3 Å². The van der Waals surface area contributed by atoms with Crippen molar-refractivity contribution in [3.05, 3.63) is 0 Å². The van der Waals surface area contributed by atoms with Crippen LogP contribution >= 0.6 is 0 Å². The van der Waals surface area contributed by atoms with Crippen LogP contribution in [0, 0.1) is 11.8 Å². The predicted molar refractivity (Wildman–Crippen MR) is 62.3 cm³/mol. The summed E-state index contributed by atoms with van der Waals surface area (Å²) in [6.45, 7) is 4.67. The highest BCUT2D eigenvalue weighted by molar-refractivity contribution is 5.78. The van der Waals surface area contributed by atoms with E-state index in [4.69, 9.17) is 11.5 Å². The zero-order chi connectivity index (χ0) is 11.8. The van der Waals surface area contributed by atoms with E-state index in [0.29, 0.717) is 12.5 Å². The molecule has 0 fully saturated rings. The number of carbonyl (C=O) groups excluding carboxylic acids is 1. The summed E-state index contributed by atoms with van der Waals surface area (Å²) in [6, 6.07) is 0. The molecule has 0 aliphatic carbocycles. The quantitative estimate of drug-likeness (QED) is 0.331. The Bertz CT molecular complexity index is 221. The van der Waals surface area contributed by atoms with Gasteiger partial charge in [0.2, 0.25) is 5.91 Å². The molecule has 0 heterocycles. The molecule has 0 aliphatic heterocycles. The van der Waals surface area contributed by atoms with Crippen molar-refractivity contribution in [3.63, 3.8) is 0 Å². The monoisotopic (exact) mass is 214 g/mol. The first-order valence-electron chi connectivity index (χ1n) is 5.26. The van der Waals surface area contributed by atoms with Gasteiger partial charge in [0.15, 0.2) is 5.96 Å². The summed E-state index contributed by atoms with van der Waals surface area (Å²) in [4.78, 5) is 15.4. The molecule has 0 aromatic carbocycles. The van der Waals surface area contributed by atoms with E-state index < -0.39 is 0 Å². The van der Waals surface area contributed by atoms with E-state index in [9.17, 15) is 4.79 Å². The van der Waals surface area contributed by atoms with Gasteiger partial charge in [-0.25, -0.2) is 0 Å². The van der Waals surface area contributed by atoms with Crippen LogP contribution in [0.2, 0.25) is 0 Å². The lowest BCUT2D eigenvalue weighted by atomic mass is 9.90. The molecule has 1 amide bonds. The third-order valence-corrected chi connectivity index (χ3v) is 2.36. The molecule has 0 saturated heterocycles. The minimum Gasteiger partial charge on any atom is -0.370 e. The fourth-order valence-electron chi connectivity index (χ4n) is 1.47. The highest BCUT2D eigenvalue weighted by Crippen LogP contribution is 2.17.